The number of thiophene rings is 1. The molecule has 3 rings (SSSR count). The number of halogens is 2. The summed E-state index contributed by atoms with van der Waals surface area (Å²) in [4.78, 5) is 0. The van der Waals surface area contributed by atoms with Gasteiger partial charge in [-0.1, -0.05) is 41.4 Å². The Balaban J connectivity index is 2.04. The summed E-state index contributed by atoms with van der Waals surface area (Å²) < 4.78 is 2.73. The van der Waals surface area contributed by atoms with Crippen LogP contribution in [0.25, 0.3) is 5.69 Å². The lowest BCUT2D eigenvalue weighted by molar-refractivity contribution is 0.212. The highest BCUT2D eigenvalue weighted by molar-refractivity contribution is 7.20. The van der Waals surface area contributed by atoms with Crippen molar-refractivity contribution in [1.82, 2.24) is 9.78 Å². The Hall–Kier alpha value is -1.33. The van der Waals surface area contributed by atoms with Crippen molar-refractivity contribution in [2.24, 2.45) is 0 Å². The molecule has 2 aromatic heterocycles. The minimum atomic E-state index is -0.867. The van der Waals surface area contributed by atoms with Gasteiger partial charge < -0.3 is 5.11 Å². The number of rotatable bonds is 3. The minimum absolute atomic E-state index is 0.489. The maximum Gasteiger partial charge on any atom is 0.123 e. The van der Waals surface area contributed by atoms with Crippen LogP contribution in [-0.4, -0.2) is 14.9 Å². The number of para-hydroxylation sites is 1. The quantitative estimate of drug-likeness (QED) is 0.779. The van der Waals surface area contributed by atoms with E-state index in [1.54, 1.807) is 23.0 Å². The van der Waals surface area contributed by atoms with Gasteiger partial charge in [0.2, 0.25) is 0 Å². The van der Waals surface area contributed by atoms with Crippen LogP contribution in [0.2, 0.25) is 8.67 Å². The SMILES string of the molecule is OC(c1cc(Cl)sc1Cl)c1ccnn1-c1ccccc1. The Kier molecular flexibility index (Phi) is 3.81. The number of benzene rings is 1. The van der Waals surface area contributed by atoms with Crippen molar-refractivity contribution in [3.63, 3.8) is 0 Å². The normalized spacial score (nSPS) is 12.6. The van der Waals surface area contributed by atoms with Crippen LogP contribution in [0.3, 0.4) is 0 Å². The van der Waals surface area contributed by atoms with Crippen LogP contribution >= 0.6 is 34.5 Å². The predicted molar refractivity (Wildman–Crippen MR) is 82.0 cm³/mol. The number of nitrogens with zero attached hydrogens (tertiary/aromatic N) is 2. The summed E-state index contributed by atoms with van der Waals surface area (Å²) in [5.41, 5.74) is 2.12. The lowest BCUT2D eigenvalue weighted by Gasteiger charge is -2.13. The van der Waals surface area contributed by atoms with Crippen molar-refractivity contribution in [3.05, 3.63) is 68.6 Å². The predicted octanol–water partition coefficient (Wildman–Crippen LogP) is 4.32. The second kappa shape index (κ2) is 5.58. The molecular weight excluding hydrogens is 315 g/mol. The van der Waals surface area contributed by atoms with Gasteiger partial charge in [-0.05, 0) is 24.3 Å². The van der Waals surface area contributed by atoms with Crippen LogP contribution in [0, 0.1) is 0 Å². The van der Waals surface area contributed by atoms with E-state index in [2.05, 4.69) is 5.10 Å². The molecule has 0 aliphatic rings. The number of aromatic nitrogens is 2. The zero-order chi connectivity index (χ0) is 14.1. The van der Waals surface area contributed by atoms with E-state index in [-0.39, 0.29) is 0 Å². The Labute approximate surface area is 130 Å². The summed E-state index contributed by atoms with van der Waals surface area (Å²) in [6.07, 6.45) is 0.780. The first-order chi connectivity index (χ1) is 9.66. The standard InChI is InChI=1S/C14H10Cl2N2OS/c15-12-8-10(14(16)20-12)13(19)11-6-7-17-18(11)9-4-2-1-3-5-9/h1-8,13,19H. The van der Waals surface area contributed by atoms with Gasteiger partial charge in [0.1, 0.15) is 10.4 Å². The monoisotopic (exact) mass is 324 g/mol. The van der Waals surface area contributed by atoms with Gasteiger partial charge >= 0.3 is 0 Å². The molecule has 0 fully saturated rings. The molecule has 0 amide bonds. The average Bonchev–Trinajstić information content (AvgIpc) is 3.05. The highest BCUT2D eigenvalue weighted by atomic mass is 35.5. The summed E-state index contributed by atoms with van der Waals surface area (Å²) in [6.45, 7) is 0. The molecule has 0 radical (unpaired) electrons. The lowest BCUT2D eigenvalue weighted by Crippen LogP contribution is -2.08. The van der Waals surface area contributed by atoms with Crippen molar-refractivity contribution in [3.8, 4) is 5.69 Å². The molecule has 0 bridgehead atoms. The summed E-state index contributed by atoms with van der Waals surface area (Å²) in [7, 11) is 0. The van der Waals surface area contributed by atoms with Gasteiger partial charge in [0.25, 0.3) is 0 Å². The van der Waals surface area contributed by atoms with Crippen LogP contribution in [-0.2, 0) is 0 Å². The van der Waals surface area contributed by atoms with E-state index in [0.29, 0.717) is 19.9 Å². The zero-order valence-corrected chi connectivity index (χ0v) is 12.5. The Morgan fingerprint density at radius 1 is 1.15 bits per heavy atom. The Morgan fingerprint density at radius 3 is 2.55 bits per heavy atom. The largest absolute Gasteiger partial charge is 0.382 e. The molecule has 0 saturated carbocycles. The van der Waals surface area contributed by atoms with Crippen LogP contribution < -0.4 is 0 Å². The zero-order valence-electron chi connectivity index (χ0n) is 10.2. The van der Waals surface area contributed by atoms with Crippen molar-refractivity contribution in [1.29, 1.82) is 0 Å². The van der Waals surface area contributed by atoms with Crippen LogP contribution in [0.4, 0.5) is 0 Å². The first kappa shape index (κ1) is 13.6. The van der Waals surface area contributed by atoms with Gasteiger partial charge in [-0.2, -0.15) is 5.10 Å². The van der Waals surface area contributed by atoms with Crippen LogP contribution in [0.1, 0.15) is 17.4 Å². The first-order valence-corrected chi connectivity index (χ1v) is 7.46. The second-order valence-corrected chi connectivity index (χ2v) is 6.47. The van der Waals surface area contributed by atoms with E-state index in [9.17, 15) is 5.11 Å². The maximum atomic E-state index is 10.5. The molecular formula is C14H10Cl2N2OS. The fraction of sp³-hybridized carbons (Fsp3) is 0.0714. The lowest BCUT2D eigenvalue weighted by atomic mass is 10.1. The van der Waals surface area contributed by atoms with E-state index >= 15 is 0 Å². The molecule has 3 nitrogen and oxygen atoms in total. The summed E-state index contributed by atoms with van der Waals surface area (Å²) >= 11 is 13.3. The third-order valence-electron chi connectivity index (χ3n) is 2.93. The highest BCUT2D eigenvalue weighted by Gasteiger charge is 2.21. The molecule has 1 unspecified atom stereocenters. The molecule has 0 aliphatic carbocycles. The molecule has 1 atom stereocenters. The summed E-state index contributed by atoms with van der Waals surface area (Å²) in [6, 6.07) is 13.1. The van der Waals surface area contributed by atoms with Crippen LogP contribution in [0.5, 0.6) is 0 Å². The van der Waals surface area contributed by atoms with E-state index in [1.165, 1.54) is 11.3 Å². The Bertz CT molecular complexity index is 724. The van der Waals surface area contributed by atoms with E-state index in [0.717, 1.165) is 5.69 Å². The molecule has 6 heteroatoms. The third-order valence-corrected chi connectivity index (χ3v) is 4.45. The molecule has 2 heterocycles. The third kappa shape index (κ3) is 2.47. The maximum absolute atomic E-state index is 10.5. The molecule has 3 aromatic rings. The summed E-state index contributed by atoms with van der Waals surface area (Å²) in [5, 5.41) is 14.8. The molecule has 1 N–H and O–H groups in total. The first-order valence-electron chi connectivity index (χ1n) is 5.89. The van der Waals surface area contributed by atoms with E-state index in [4.69, 9.17) is 23.2 Å². The van der Waals surface area contributed by atoms with E-state index in [1.807, 2.05) is 30.3 Å². The smallest absolute Gasteiger partial charge is 0.123 e. The van der Waals surface area contributed by atoms with Gasteiger partial charge in [-0.3, -0.25) is 0 Å². The molecule has 0 spiro atoms. The number of hydrogen-bond acceptors (Lipinski definition) is 3. The molecule has 0 aliphatic heterocycles. The van der Waals surface area contributed by atoms with Gasteiger partial charge in [0, 0.05) is 11.8 Å². The number of hydrogen-bond donors (Lipinski definition) is 1. The molecule has 102 valence electrons. The number of aliphatic hydroxyl groups is 1. The molecule has 1 aromatic carbocycles. The van der Waals surface area contributed by atoms with Crippen molar-refractivity contribution in [2.45, 2.75) is 6.10 Å². The second-order valence-electron chi connectivity index (χ2n) is 4.19. The summed E-state index contributed by atoms with van der Waals surface area (Å²) in [5.74, 6) is 0. The van der Waals surface area contributed by atoms with Gasteiger partial charge in [0.15, 0.2) is 0 Å². The fourth-order valence-electron chi connectivity index (χ4n) is 2.00. The minimum Gasteiger partial charge on any atom is -0.382 e. The van der Waals surface area contributed by atoms with Gasteiger partial charge in [-0.25, -0.2) is 4.68 Å². The topological polar surface area (TPSA) is 38.1 Å². The van der Waals surface area contributed by atoms with E-state index < -0.39 is 6.10 Å². The van der Waals surface area contributed by atoms with Gasteiger partial charge in [0.05, 0.1) is 15.7 Å². The molecule has 0 saturated heterocycles. The van der Waals surface area contributed by atoms with Gasteiger partial charge in [-0.15, -0.1) is 11.3 Å². The van der Waals surface area contributed by atoms with Crippen molar-refractivity contribution >= 4 is 34.5 Å². The fourth-order valence-corrected chi connectivity index (χ4v) is 3.52. The average molecular weight is 325 g/mol. The van der Waals surface area contributed by atoms with Crippen LogP contribution in [0.15, 0.2) is 48.7 Å². The number of aliphatic hydroxyl groups excluding tert-OH is 1. The molecule has 20 heavy (non-hydrogen) atoms. The van der Waals surface area contributed by atoms with Crippen molar-refractivity contribution < 1.29 is 5.11 Å². The highest BCUT2D eigenvalue weighted by Crippen LogP contribution is 2.37. The Morgan fingerprint density at radius 2 is 1.90 bits per heavy atom. The van der Waals surface area contributed by atoms with Crippen molar-refractivity contribution in [2.75, 3.05) is 0 Å².